The molecule has 4 heteroatoms. The van der Waals surface area contributed by atoms with Crippen LogP contribution in [0, 0.1) is 12.7 Å². The van der Waals surface area contributed by atoms with Gasteiger partial charge in [-0.05, 0) is 49.8 Å². The van der Waals surface area contributed by atoms with Gasteiger partial charge in [-0.2, -0.15) is 11.8 Å². The van der Waals surface area contributed by atoms with Gasteiger partial charge in [0.25, 0.3) is 5.91 Å². The lowest BCUT2D eigenvalue weighted by atomic mass is 9.88. The van der Waals surface area contributed by atoms with Crippen LogP contribution in [0.3, 0.4) is 0 Å². The summed E-state index contributed by atoms with van der Waals surface area (Å²) in [6, 6.07) is 4.30. The number of rotatable bonds is 4. The first-order valence-electron chi connectivity index (χ1n) is 7.16. The Balaban J connectivity index is 2.00. The molecule has 0 bridgehead atoms. The molecule has 1 saturated carbocycles. The first-order chi connectivity index (χ1) is 9.56. The first kappa shape index (κ1) is 15.4. The Hall–Kier alpha value is -1.03. The largest absolute Gasteiger partial charge is 0.351 e. The average Bonchev–Trinajstić information content (AvgIpc) is 2.46. The Morgan fingerprint density at radius 2 is 2.05 bits per heavy atom. The van der Waals surface area contributed by atoms with Crippen molar-refractivity contribution in [1.29, 1.82) is 0 Å². The second-order valence-electron chi connectivity index (χ2n) is 5.59. The fraction of sp³-hybridized carbons (Fsp3) is 0.562. The molecule has 2 nitrogen and oxygen atoms in total. The SMILES string of the molecule is CSC1(CNC(=O)c2ccc(F)cc2C)CCCCC1. The highest BCUT2D eigenvalue weighted by atomic mass is 32.2. The second-order valence-corrected chi connectivity index (χ2v) is 6.86. The third kappa shape index (κ3) is 3.54. The van der Waals surface area contributed by atoms with E-state index in [9.17, 15) is 9.18 Å². The smallest absolute Gasteiger partial charge is 0.251 e. The van der Waals surface area contributed by atoms with Gasteiger partial charge in [-0.15, -0.1) is 0 Å². The van der Waals surface area contributed by atoms with Crippen LogP contribution in [0.1, 0.15) is 48.0 Å². The molecule has 0 atom stereocenters. The van der Waals surface area contributed by atoms with E-state index in [4.69, 9.17) is 0 Å². The fourth-order valence-corrected chi connectivity index (χ4v) is 3.78. The summed E-state index contributed by atoms with van der Waals surface area (Å²) in [4.78, 5) is 12.2. The summed E-state index contributed by atoms with van der Waals surface area (Å²) < 4.78 is 13.3. The highest BCUT2D eigenvalue weighted by molar-refractivity contribution is 8.00. The normalized spacial score (nSPS) is 17.8. The summed E-state index contributed by atoms with van der Waals surface area (Å²) in [5, 5.41) is 3.04. The molecular weight excluding hydrogens is 273 g/mol. The lowest BCUT2D eigenvalue weighted by Gasteiger charge is -2.35. The van der Waals surface area contributed by atoms with Crippen LogP contribution in [-0.4, -0.2) is 23.5 Å². The van der Waals surface area contributed by atoms with E-state index in [2.05, 4.69) is 11.6 Å². The minimum Gasteiger partial charge on any atom is -0.351 e. The number of thioether (sulfide) groups is 1. The van der Waals surface area contributed by atoms with Crippen molar-refractivity contribution < 1.29 is 9.18 Å². The Morgan fingerprint density at radius 1 is 1.35 bits per heavy atom. The number of hydrogen-bond donors (Lipinski definition) is 1. The van der Waals surface area contributed by atoms with E-state index in [-0.39, 0.29) is 16.5 Å². The van der Waals surface area contributed by atoms with Crippen LogP contribution in [0.15, 0.2) is 18.2 Å². The average molecular weight is 295 g/mol. The van der Waals surface area contributed by atoms with E-state index in [0.717, 1.165) is 12.8 Å². The van der Waals surface area contributed by atoms with Crippen molar-refractivity contribution >= 4 is 17.7 Å². The molecule has 1 aliphatic rings. The summed E-state index contributed by atoms with van der Waals surface area (Å²) in [5.41, 5.74) is 1.25. The Labute approximate surface area is 124 Å². The van der Waals surface area contributed by atoms with Crippen LogP contribution in [0.5, 0.6) is 0 Å². The summed E-state index contributed by atoms with van der Waals surface area (Å²) in [6.45, 7) is 2.47. The monoisotopic (exact) mass is 295 g/mol. The van der Waals surface area contributed by atoms with Crippen molar-refractivity contribution in [1.82, 2.24) is 5.32 Å². The lowest BCUT2D eigenvalue weighted by molar-refractivity contribution is 0.0946. The van der Waals surface area contributed by atoms with Crippen molar-refractivity contribution in [3.63, 3.8) is 0 Å². The van der Waals surface area contributed by atoms with E-state index >= 15 is 0 Å². The van der Waals surface area contributed by atoms with Gasteiger partial charge in [-0.25, -0.2) is 4.39 Å². The van der Waals surface area contributed by atoms with Crippen LogP contribution in [0.25, 0.3) is 0 Å². The van der Waals surface area contributed by atoms with Crippen LogP contribution < -0.4 is 5.32 Å². The second kappa shape index (κ2) is 6.61. The third-order valence-corrected chi connectivity index (χ3v) is 5.62. The lowest BCUT2D eigenvalue weighted by Crippen LogP contribution is -2.41. The van der Waals surface area contributed by atoms with Crippen LogP contribution in [0.4, 0.5) is 4.39 Å². The Bertz CT molecular complexity index is 483. The molecule has 0 radical (unpaired) electrons. The topological polar surface area (TPSA) is 29.1 Å². The van der Waals surface area contributed by atoms with Gasteiger partial charge in [0.15, 0.2) is 0 Å². The molecule has 2 rings (SSSR count). The predicted octanol–water partition coefficient (Wildman–Crippen LogP) is 3.93. The zero-order valence-corrected chi connectivity index (χ0v) is 13.0. The molecule has 1 aromatic carbocycles. The molecule has 0 aliphatic heterocycles. The molecular formula is C16H22FNOS. The van der Waals surface area contributed by atoms with E-state index < -0.39 is 0 Å². The molecule has 0 spiro atoms. The maximum absolute atomic E-state index is 13.1. The highest BCUT2D eigenvalue weighted by Gasteiger charge is 2.31. The van der Waals surface area contributed by atoms with Gasteiger partial charge in [-0.1, -0.05) is 19.3 Å². The molecule has 0 unspecified atom stereocenters. The van der Waals surface area contributed by atoms with E-state index in [0.29, 0.717) is 17.7 Å². The predicted molar refractivity (Wildman–Crippen MR) is 82.8 cm³/mol. The molecule has 1 amide bonds. The first-order valence-corrected chi connectivity index (χ1v) is 8.38. The molecule has 0 heterocycles. The van der Waals surface area contributed by atoms with E-state index in [1.165, 1.54) is 31.4 Å². The molecule has 1 N–H and O–H groups in total. The molecule has 20 heavy (non-hydrogen) atoms. The van der Waals surface area contributed by atoms with Gasteiger partial charge in [-0.3, -0.25) is 4.79 Å². The minimum atomic E-state index is -0.299. The van der Waals surface area contributed by atoms with Gasteiger partial charge in [0.2, 0.25) is 0 Å². The zero-order chi connectivity index (χ0) is 14.6. The Kier molecular flexibility index (Phi) is 5.08. The molecule has 1 aliphatic carbocycles. The fourth-order valence-electron chi connectivity index (χ4n) is 2.87. The molecule has 1 aromatic rings. The number of carbonyl (C=O) groups is 1. The van der Waals surface area contributed by atoms with Crippen LogP contribution in [-0.2, 0) is 0 Å². The van der Waals surface area contributed by atoms with Crippen molar-refractivity contribution in [2.24, 2.45) is 0 Å². The third-order valence-electron chi connectivity index (χ3n) is 4.20. The standard InChI is InChI=1S/C16H22FNOS/c1-12-10-13(17)6-7-14(12)15(19)18-11-16(20-2)8-4-3-5-9-16/h6-7,10H,3-5,8-9,11H2,1-2H3,(H,18,19). The van der Waals surface area contributed by atoms with E-state index in [1.807, 2.05) is 11.8 Å². The number of hydrogen-bond acceptors (Lipinski definition) is 2. The maximum atomic E-state index is 13.1. The van der Waals surface area contributed by atoms with Crippen molar-refractivity contribution in [2.45, 2.75) is 43.8 Å². The van der Waals surface area contributed by atoms with Gasteiger partial charge < -0.3 is 5.32 Å². The quantitative estimate of drug-likeness (QED) is 0.912. The number of nitrogens with one attached hydrogen (secondary N) is 1. The number of benzene rings is 1. The van der Waals surface area contributed by atoms with Gasteiger partial charge >= 0.3 is 0 Å². The molecule has 0 aromatic heterocycles. The Morgan fingerprint density at radius 3 is 2.65 bits per heavy atom. The summed E-state index contributed by atoms with van der Waals surface area (Å²) in [6.07, 6.45) is 8.24. The highest BCUT2D eigenvalue weighted by Crippen LogP contribution is 2.38. The number of amides is 1. The summed E-state index contributed by atoms with van der Waals surface area (Å²) in [7, 11) is 0. The molecule has 1 fully saturated rings. The van der Waals surface area contributed by atoms with Crippen molar-refractivity contribution in [2.75, 3.05) is 12.8 Å². The minimum absolute atomic E-state index is 0.0958. The van der Waals surface area contributed by atoms with Gasteiger partial charge in [0.05, 0.1) is 0 Å². The number of carbonyl (C=O) groups excluding carboxylic acids is 1. The molecule has 110 valence electrons. The zero-order valence-electron chi connectivity index (χ0n) is 12.2. The van der Waals surface area contributed by atoms with Crippen LogP contribution >= 0.6 is 11.8 Å². The van der Waals surface area contributed by atoms with Crippen LogP contribution in [0.2, 0.25) is 0 Å². The van der Waals surface area contributed by atoms with Gasteiger partial charge in [0, 0.05) is 16.9 Å². The molecule has 0 saturated heterocycles. The summed E-state index contributed by atoms with van der Waals surface area (Å²) >= 11 is 1.86. The van der Waals surface area contributed by atoms with Gasteiger partial charge in [0.1, 0.15) is 5.82 Å². The van der Waals surface area contributed by atoms with Crippen molar-refractivity contribution in [3.8, 4) is 0 Å². The van der Waals surface area contributed by atoms with Crippen molar-refractivity contribution in [3.05, 3.63) is 35.1 Å². The maximum Gasteiger partial charge on any atom is 0.251 e. The number of aryl methyl sites for hydroxylation is 1. The summed E-state index contributed by atoms with van der Waals surface area (Å²) in [5.74, 6) is -0.395. The number of halogens is 1. The van der Waals surface area contributed by atoms with E-state index in [1.54, 1.807) is 13.0 Å².